The molecule has 0 aliphatic rings. The van der Waals surface area contributed by atoms with Crippen LogP contribution in [0.25, 0.3) is 0 Å². The second-order valence-corrected chi connectivity index (χ2v) is 5.79. The molecule has 0 aliphatic heterocycles. The average molecular weight is 259 g/mol. The second kappa shape index (κ2) is 5.56. The van der Waals surface area contributed by atoms with Crippen LogP contribution in [-0.2, 0) is 4.79 Å². The van der Waals surface area contributed by atoms with E-state index >= 15 is 0 Å². The molecular weight excluding hydrogens is 234 g/mol. The highest BCUT2D eigenvalue weighted by Gasteiger charge is 2.35. The van der Waals surface area contributed by atoms with Crippen LogP contribution in [0.3, 0.4) is 0 Å². The van der Waals surface area contributed by atoms with Gasteiger partial charge in [-0.25, -0.2) is 9.59 Å². The van der Waals surface area contributed by atoms with Gasteiger partial charge < -0.3 is 20.2 Å². The predicted octanol–water partition coefficient (Wildman–Crippen LogP) is 0.831. The number of carboxylic acid groups (broad SMARTS) is 1. The lowest BCUT2D eigenvalue weighted by Crippen LogP contribution is -2.57. The first-order valence-corrected chi connectivity index (χ1v) is 5.85. The van der Waals surface area contributed by atoms with Crippen LogP contribution in [0.2, 0.25) is 0 Å². The first-order valence-electron chi connectivity index (χ1n) is 5.85. The van der Waals surface area contributed by atoms with E-state index in [0.29, 0.717) is 6.54 Å². The van der Waals surface area contributed by atoms with Crippen molar-refractivity contribution in [3.63, 3.8) is 0 Å². The summed E-state index contributed by atoms with van der Waals surface area (Å²) in [4.78, 5) is 26.1. The van der Waals surface area contributed by atoms with Crippen LogP contribution >= 0.6 is 0 Å². The highest BCUT2D eigenvalue weighted by atomic mass is 16.4. The third-order valence-electron chi connectivity index (χ3n) is 3.55. The van der Waals surface area contributed by atoms with Crippen LogP contribution in [0.5, 0.6) is 0 Å². The summed E-state index contributed by atoms with van der Waals surface area (Å²) in [6.07, 6.45) is 0. The Morgan fingerprint density at radius 1 is 1.11 bits per heavy atom. The number of nitrogens with one attached hydrogen (secondary N) is 1. The van der Waals surface area contributed by atoms with Crippen LogP contribution < -0.4 is 5.32 Å². The number of nitrogens with zero attached hydrogens (tertiary/aromatic N) is 2. The number of urea groups is 1. The van der Waals surface area contributed by atoms with Crippen molar-refractivity contribution in [3.8, 4) is 0 Å². The van der Waals surface area contributed by atoms with Crippen molar-refractivity contribution in [2.45, 2.75) is 38.8 Å². The smallest absolute Gasteiger partial charge is 0.329 e. The first kappa shape index (κ1) is 16.7. The molecule has 0 bridgehead atoms. The van der Waals surface area contributed by atoms with Crippen LogP contribution in [0.15, 0.2) is 0 Å². The molecule has 0 radical (unpaired) electrons. The van der Waals surface area contributed by atoms with E-state index in [-0.39, 0.29) is 5.54 Å². The van der Waals surface area contributed by atoms with Gasteiger partial charge in [-0.1, -0.05) is 0 Å². The summed E-state index contributed by atoms with van der Waals surface area (Å²) in [5.41, 5.74) is -1.42. The van der Waals surface area contributed by atoms with Gasteiger partial charge in [-0.3, -0.25) is 0 Å². The van der Waals surface area contributed by atoms with Crippen LogP contribution in [0.1, 0.15) is 27.7 Å². The molecule has 6 nitrogen and oxygen atoms in total. The first-order chi connectivity index (χ1) is 7.93. The Labute approximate surface area is 109 Å². The van der Waals surface area contributed by atoms with E-state index in [1.807, 2.05) is 32.8 Å². The molecule has 0 saturated heterocycles. The van der Waals surface area contributed by atoms with E-state index in [1.54, 1.807) is 0 Å². The maximum Gasteiger partial charge on any atom is 0.329 e. The number of carboxylic acids is 1. The van der Waals surface area contributed by atoms with E-state index in [2.05, 4.69) is 5.32 Å². The summed E-state index contributed by atoms with van der Waals surface area (Å²) in [6, 6.07) is -0.391. The number of aliphatic carboxylic acids is 1. The van der Waals surface area contributed by atoms with Gasteiger partial charge in [0.25, 0.3) is 0 Å². The molecule has 0 unspecified atom stereocenters. The van der Waals surface area contributed by atoms with E-state index in [0.717, 1.165) is 0 Å². The molecule has 0 heterocycles. The van der Waals surface area contributed by atoms with E-state index < -0.39 is 17.5 Å². The quantitative estimate of drug-likeness (QED) is 0.767. The summed E-state index contributed by atoms with van der Waals surface area (Å²) in [5, 5.41) is 11.8. The molecule has 6 heteroatoms. The molecule has 0 aromatic rings. The predicted molar refractivity (Wildman–Crippen MR) is 70.6 cm³/mol. The molecule has 0 fully saturated rings. The lowest BCUT2D eigenvalue weighted by Gasteiger charge is -2.35. The fourth-order valence-corrected chi connectivity index (χ4v) is 0.966. The third-order valence-corrected chi connectivity index (χ3v) is 3.55. The molecule has 0 rings (SSSR count). The zero-order valence-corrected chi connectivity index (χ0v) is 12.4. The summed E-state index contributed by atoms with van der Waals surface area (Å²) in [6.45, 7) is 7.42. The highest BCUT2D eigenvalue weighted by Crippen LogP contribution is 2.13. The molecule has 0 spiro atoms. The fourth-order valence-electron chi connectivity index (χ4n) is 0.966. The van der Waals surface area contributed by atoms with Gasteiger partial charge in [0.15, 0.2) is 0 Å². The number of rotatable bonds is 5. The highest BCUT2D eigenvalue weighted by molar-refractivity contribution is 5.85. The summed E-state index contributed by atoms with van der Waals surface area (Å²) < 4.78 is 0. The Kier molecular flexibility index (Phi) is 5.16. The Morgan fingerprint density at radius 3 is 1.89 bits per heavy atom. The third kappa shape index (κ3) is 3.87. The van der Waals surface area contributed by atoms with Crippen molar-refractivity contribution in [1.29, 1.82) is 0 Å². The Bertz CT molecular complexity index is 325. The van der Waals surface area contributed by atoms with Crippen LogP contribution in [0, 0.1) is 0 Å². The van der Waals surface area contributed by atoms with Gasteiger partial charge in [0.1, 0.15) is 5.54 Å². The van der Waals surface area contributed by atoms with Gasteiger partial charge >= 0.3 is 12.0 Å². The molecular formula is C12H25N3O3. The van der Waals surface area contributed by atoms with E-state index in [4.69, 9.17) is 5.11 Å². The molecule has 2 amide bonds. The van der Waals surface area contributed by atoms with Gasteiger partial charge in [0.05, 0.1) is 0 Å². The van der Waals surface area contributed by atoms with Crippen LogP contribution in [0.4, 0.5) is 4.79 Å². The van der Waals surface area contributed by atoms with Gasteiger partial charge in [0, 0.05) is 19.1 Å². The van der Waals surface area contributed by atoms with Gasteiger partial charge in [-0.15, -0.1) is 0 Å². The second-order valence-electron chi connectivity index (χ2n) is 5.79. The normalized spacial score (nSPS) is 12.4. The molecule has 18 heavy (non-hydrogen) atoms. The van der Waals surface area contributed by atoms with Crippen molar-refractivity contribution < 1.29 is 14.7 Å². The number of amides is 2. The summed E-state index contributed by atoms with van der Waals surface area (Å²) >= 11 is 0. The van der Waals surface area contributed by atoms with Crippen molar-refractivity contribution in [1.82, 2.24) is 15.1 Å². The molecule has 106 valence electrons. The van der Waals surface area contributed by atoms with Crippen molar-refractivity contribution in [3.05, 3.63) is 0 Å². The Hall–Kier alpha value is -1.30. The largest absolute Gasteiger partial charge is 0.480 e. The summed E-state index contributed by atoms with van der Waals surface area (Å²) in [5.74, 6) is -1.04. The van der Waals surface area contributed by atoms with E-state index in [9.17, 15) is 9.59 Å². The average Bonchev–Trinajstić information content (AvgIpc) is 2.24. The number of hydrogen-bond donors (Lipinski definition) is 2. The molecule has 2 N–H and O–H groups in total. The van der Waals surface area contributed by atoms with Gasteiger partial charge in [-0.2, -0.15) is 0 Å². The number of hydrogen-bond acceptors (Lipinski definition) is 3. The minimum absolute atomic E-state index is 0.191. The minimum Gasteiger partial charge on any atom is -0.480 e. The maximum absolute atomic E-state index is 11.9. The number of carbonyl (C=O) groups excluding carboxylic acids is 1. The minimum atomic E-state index is -1.23. The fraction of sp³-hybridized carbons (Fsp3) is 0.833. The zero-order valence-electron chi connectivity index (χ0n) is 12.4. The standard InChI is InChI=1S/C12H25N3O3/c1-11(2,14(5)6)8-13-10(18)15(7)12(3,4)9(16)17/h8H2,1-7H3,(H,13,18)(H,16,17). The zero-order chi connectivity index (χ0) is 14.7. The lowest BCUT2D eigenvalue weighted by molar-refractivity contribution is -0.146. The molecule has 0 saturated carbocycles. The topological polar surface area (TPSA) is 72.9 Å². The SMILES string of the molecule is CN(C)C(C)(C)CNC(=O)N(C)C(C)(C)C(=O)O. The van der Waals surface area contributed by atoms with Crippen molar-refractivity contribution in [2.24, 2.45) is 0 Å². The van der Waals surface area contributed by atoms with Gasteiger partial charge in [0.2, 0.25) is 0 Å². The van der Waals surface area contributed by atoms with Crippen LogP contribution in [-0.4, -0.2) is 65.7 Å². The Morgan fingerprint density at radius 2 is 1.56 bits per heavy atom. The molecule has 0 aromatic carbocycles. The van der Waals surface area contributed by atoms with Crippen molar-refractivity contribution in [2.75, 3.05) is 27.7 Å². The lowest BCUT2D eigenvalue weighted by atomic mass is 10.0. The number of carbonyl (C=O) groups is 2. The summed E-state index contributed by atoms with van der Waals surface area (Å²) in [7, 11) is 5.33. The van der Waals surface area contributed by atoms with Crippen molar-refractivity contribution >= 4 is 12.0 Å². The molecule has 0 aromatic heterocycles. The monoisotopic (exact) mass is 259 g/mol. The Balaban J connectivity index is 4.57. The molecule has 0 aliphatic carbocycles. The molecule has 0 atom stereocenters. The van der Waals surface area contributed by atoms with E-state index in [1.165, 1.54) is 25.8 Å². The van der Waals surface area contributed by atoms with Gasteiger partial charge in [-0.05, 0) is 41.8 Å². The maximum atomic E-state index is 11.9. The number of likely N-dealkylation sites (N-methyl/N-ethyl adjacent to an activating group) is 2.